The molecule has 0 radical (unpaired) electrons. The van der Waals surface area contributed by atoms with E-state index in [1.54, 1.807) is 0 Å². The summed E-state index contributed by atoms with van der Waals surface area (Å²) in [6, 6.07) is 81.4. The van der Waals surface area contributed by atoms with Crippen molar-refractivity contribution in [3.63, 3.8) is 0 Å². The summed E-state index contributed by atoms with van der Waals surface area (Å²) in [5.74, 6) is 0. The van der Waals surface area contributed by atoms with E-state index in [4.69, 9.17) is 0 Å². The lowest BCUT2D eigenvalue weighted by Gasteiger charge is -2.24. The summed E-state index contributed by atoms with van der Waals surface area (Å²) in [5.41, 5.74) is 28.0. The maximum Gasteiger partial charge on any atom is 0.0541 e. The Kier molecular flexibility index (Phi) is 9.52. The van der Waals surface area contributed by atoms with E-state index in [1.807, 2.05) is 0 Å². The normalized spacial score (nSPS) is 14.0. The van der Waals surface area contributed by atoms with Crippen molar-refractivity contribution in [2.24, 2.45) is 0 Å². The summed E-state index contributed by atoms with van der Waals surface area (Å²) in [7, 11) is 0. The highest BCUT2D eigenvalue weighted by Crippen LogP contribution is 2.53. The van der Waals surface area contributed by atoms with Gasteiger partial charge in [-0.2, -0.15) is 0 Å². The average Bonchev–Trinajstić information content (AvgIpc) is 3.94. The number of hydrogen-bond donors (Lipinski definition) is 0. The van der Waals surface area contributed by atoms with Gasteiger partial charge in [0.2, 0.25) is 0 Å². The van der Waals surface area contributed by atoms with Gasteiger partial charge in [-0.15, -0.1) is 0 Å². The first kappa shape index (κ1) is 41.9. The molecule has 0 bridgehead atoms. The molecule has 2 aliphatic rings. The third-order valence-electron chi connectivity index (χ3n) is 15.7. The number of fused-ring (bicyclic) bond motifs is 9. The van der Waals surface area contributed by atoms with Gasteiger partial charge in [0, 0.05) is 27.3 Å². The van der Waals surface area contributed by atoms with Crippen LogP contribution in [0.4, 0.5) is 0 Å². The predicted octanol–water partition coefficient (Wildman–Crippen LogP) is 18.5. The summed E-state index contributed by atoms with van der Waals surface area (Å²) in [6.07, 6.45) is 4.43. The smallest absolute Gasteiger partial charge is 0.0541 e. The van der Waals surface area contributed by atoms with Crippen LogP contribution in [-0.2, 0) is 10.8 Å². The van der Waals surface area contributed by atoms with E-state index in [1.165, 1.54) is 133 Å². The minimum atomic E-state index is -0.136. The van der Waals surface area contributed by atoms with Crippen LogP contribution in [0.3, 0.4) is 0 Å². The second kappa shape index (κ2) is 15.9. The van der Waals surface area contributed by atoms with Crippen molar-refractivity contribution in [2.75, 3.05) is 0 Å². The molecule has 0 saturated carbocycles. The fourth-order valence-electron chi connectivity index (χ4n) is 11.7. The first-order valence-electron chi connectivity index (χ1n) is 24.7. The standard InChI is InChI=1S/C69H53N/c1-44-15-23-47(24-16-44)51-29-34-56-58-36-31-53(42-64(58)68(2,3)62(56)40-51)54-32-37-59-57-35-30-52(41-63(57)69(4,5)65(59)43-54)49-27-21-46(22-28-49)18-17-45-19-25-48(26-20-45)50-33-38-67-61(39-50)60-13-9-10-14-66(60)70(67)55-11-7-6-8-12-55/h6-43H,1-5H3/b18-17+. The Balaban J connectivity index is 0.719. The zero-order valence-electron chi connectivity index (χ0n) is 40.4. The minimum absolute atomic E-state index is 0.100. The highest BCUT2D eigenvalue weighted by Gasteiger charge is 2.38. The zero-order valence-corrected chi connectivity index (χ0v) is 40.4. The number of para-hydroxylation sites is 2. The second-order valence-electron chi connectivity index (χ2n) is 20.7. The van der Waals surface area contributed by atoms with Gasteiger partial charge < -0.3 is 4.57 Å². The van der Waals surface area contributed by atoms with Crippen molar-refractivity contribution in [3.8, 4) is 72.4 Å². The van der Waals surface area contributed by atoms with Crippen molar-refractivity contribution in [3.05, 3.63) is 257 Å². The average molecular weight is 896 g/mol. The third-order valence-corrected chi connectivity index (χ3v) is 15.7. The van der Waals surface area contributed by atoms with Crippen LogP contribution in [0.25, 0.3) is 106 Å². The van der Waals surface area contributed by atoms with Crippen molar-refractivity contribution in [1.82, 2.24) is 4.57 Å². The van der Waals surface area contributed by atoms with E-state index >= 15 is 0 Å². The van der Waals surface area contributed by atoms with Crippen LogP contribution >= 0.6 is 0 Å². The summed E-state index contributed by atoms with van der Waals surface area (Å²) >= 11 is 0. The molecule has 2 aliphatic carbocycles. The Morgan fingerprint density at radius 2 is 0.671 bits per heavy atom. The van der Waals surface area contributed by atoms with Gasteiger partial charge in [-0.05, 0) is 162 Å². The number of hydrogen-bond acceptors (Lipinski definition) is 0. The second-order valence-corrected chi connectivity index (χ2v) is 20.7. The monoisotopic (exact) mass is 895 g/mol. The number of nitrogens with zero attached hydrogens (tertiary/aromatic N) is 1. The van der Waals surface area contributed by atoms with E-state index in [-0.39, 0.29) is 10.8 Å². The molecule has 13 rings (SSSR count). The zero-order chi connectivity index (χ0) is 47.3. The van der Waals surface area contributed by atoms with Gasteiger partial charge in [0.05, 0.1) is 11.0 Å². The van der Waals surface area contributed by atoms with E-state index in [2.05, 4.69) is 270 Å². The Hall–Kier alpha value is -8.26. The van der Waals surface area contributed by atoms with Crippen LogP contribution in [0, 0.1) is 6.92 Å². The Morgan fingerprint density at radius 3 is 1.14 bits per heavy atom. The first-order chi connectivity index (χ1) is 34.1. The molecule has 70 heavy (non-hydrogen) atoms. The maximum absolute atomic E-state index is 2.46. The quantitative estimate of drug-likeness (QED) is 0.141. The summed E-state index contributed by atoms with van der Waals surface area (Å²) < 4.78 is 2.37. The summed E-state index contributed by atoms with van der Waals surface area (Å²) in [4.78, 5) is 0. The van der Waals surface area contributed by atoms with E-state index < -0.39 is 0 Å². The molecule has 0 atom stereocenters. The fraction of sp³-hybridized carbons (Fsp3) is 0.101. The molecular weight excluding hydrogens is 843 g/mol. The topological polar surface area (TPSA) is 4.93 Å². The molecule has 0 saturated heterocycles. The lowest BCUT2D eigenvalue weighted by molar-refractivity contribution is 0.660. The van der Waals surface area contributed by atoms with Crippen molar-refractivity contribution in [1.29, 1.82) is 0 Å². The predicted molar refractivity (Wildman–Crippen MR) is 298 cm³/mol. The molecule has 1 heteroatoms. The molecule has 0 spiro atoms. The van der Waals surface area contributed by atoms with Gasteiger partial charge in [-0.1, -0.05) is 209 Å². The van der Waals surface area contributed by atoms with Crippen LogP contribution in [0.1, 0.15) is 66.6 Å². The Labute approximate surface area is 411 Å². The van der Waals surface area contributed by atoms with Crippen LogP contribution in [-0.4, -0.2) is 4.57 Å². The summed E-state index contributed by atoms with van der Waals surface area (Å²) in [6.45, 7) is 11.7. The molecule has 0 aliphatic heterocycles. The van der Waals surface area contributed by atoms with Gasteiger partial charge in [-0.25, -0.2) is 0 Å². The first-order valence-corrected chi connectivity index (χ1v) is 24.7. The molecule has 1 nitrogen and oxygen atoms in total. The molecule has 334 valence electrons. The minimum Gasteiger partial charge on any atom is -0.309 e. The molecule has 10 aromatic carbocycles. The van der Waals surface area contributed by atoms with Crippen LogP contribution in [0.15, 0.2) is 218 Å². The molecule has 0 unspecified atom stereocenters. The lowest BCUT2D eigenvalue weighted by atomic mass is 9.79. The van der Waals surface area contributed by atoms with Crippen LogP contribution < -0.4 is 0 Å². The number of aryl methyl sites for hydroxylation is 1. The van der Waals surface area contributed by atoms with Crippen molar-refractivity contribution >= 4 is 34.0 Å². The van der Waals surface area contributed by atoms with Crippen molar-refractivity contribution < 1.29 is 0 Å². The highest BCUT2D eigenvalue weighted by molar-refractivity contribution is 6.10. The molecule has 1 heterocycles. The molecular formula is C69H53N. The van der Waals surface area contributed by atoms with E-state index in [0.29, 0.717) is 0 Å². The summed E-state index contributed by atoms with van der Waals surface area (Å²) in [5, 5.41) is 2.53. The molecule has 0 N–H and O–H groups in total. The third kappa shape index (κ3) is 6.75. The van der Waals surface area contributed by atoms with Gasteiger partial charge in [0.25, 0.3) is 0 Å². The SMILES string of the molecule is Cc1ccc(-c2ccc3c(c2)C(C)(C)c2cc(-c4ccc5c(c4)C(C)(C)c4cc(-c6ccc(/C=C/c7ccc(-c8ccc9c(c8)c8ccccc8n9-c8ccccc8)cc7)cc6)ccc4-5)ccc2-3)cc1. The molecule has 0 fully saturated rings. The number of benzene rings is 10. The maximum atomic E-state index is 2.46. The largest absolute Gasteiger partial charge is 0.309 e. The molecule has 0 amide bonds. The van der Waals surface area contributed by atoms with Crippen molar-refractivity contribution in [2.45, 2.75) is 45.4 Å². The number of aromatic nitrogens is 1. The van der Waals surface area contributed by atoms with Gasteiger partial charge in [-0.3, -0.25) is 0 Å². The van der Waals surface area contributed by atoms with Crippen LogP contribution in [0.2, 0.25) is 0 Å². The molecule has 11 aromatic rings. The van der Waals surface area contributed by atoms with E-state index in [0.717, 1.165) is 0 Å². The van der Waals surface area contributed by atoms with Crippen LogP contribution in [0.5, 0.6) is 0 Å². The van der Waals surface area contributed by atoms with Gasteiger partial charge in [0.1, 0.15) is 0 Å². The molecule has 1 aromatic heterocycles. The fourth-order valence-corrected chi connectivity index (χ4v) is 11.7. The number of rotatable bonds is 7. The lowest BCUT2D eigenvalue weighted by Crippen LogP contribution is -2.15. The Bertz CT molecular complexity index is 3890. The van der Waals surface area contributed by atoms with Gasteiger partial charge in [0.15, 0.2) is 0 Å². The van der Waals surface area contributed by atoms with E-state index in [9.17, 15) is 0 Å². The van der Waals surface area contributed by atoms with Gasteiger partial charge >= 0.3 is 0 Å². The Morgan fingerprint density at radius 1 is 0.314 bits per heavy atom. The highest BCUT2D eigenvalue weighted by atomic mass is 15.0.